The molecule has 0 saturated carbocycles. The largest absolute Gasteiger partial charge is 0.486 e. The summed E-state index contributed by atoms with van der Waals surface area (Å²) in [4.78, 5) is 0. The van der Waals surface area contributed by atoms with E-state index in [9.17, 15) is 13.2 Å². The molecule has 0 fully saturated rings. The van der Waals surface area contributed by atoms with Gasteiger partial charge in [0.15, 0.2) is 17.6 Å². The van der Waals surface area contributed by atoms with E-state index in [1.807, 2.05) is 0 Å². The summed E-state index contributed by atoms with van der Waals surface area (Å²) in [5, 5.41) is 8.93. The summed E-state index contributed by atoms with van der Waals surface area (Å²) < 4.78 is 47.0. The number of fused-ring (bicyclic) bond motifs is 1. The Kier molecular flexibility index (Phi) is 3.15. The van der Waals surface area contributed by atoms with Gasteiger partial charge in [0.25, 0.3) is 0 Å². The molecule has 2 atom stereocenters. The van der Waals surface area contributed by atoms with Crippen molar-refractivity contribution in [2.24, 2.45) is 0 Å². The second-order valence-electron chi connectivity index (χ2n) is 3.79. The molecule has 94 valence electrons. The van der Waals surface area contributed by atoms with Crippen LogP contribution in [0.5, 0.6) is 11.5 Å². The van der Waals surface area contributed by atoms with Gasteiger partial charge >= 0.3 is 6.18 Å². The first-order valence-electron chi connectivity index (χ1n) is 5.10. The Morgan fingerprint density at radius 2 is 1.94 bits per heavy atom. The number of benzene rings is 1. The van der Waals surface area contributed by atoms with Gasteiger partial charge in [0.2, 0.25) is 0 Å². The smallest absolute Gasteiger partial charge is 0.414 e. The van der Waals surface area contributed by atoms with Crippen molar-refractivity contribution >= 4 is 0 Å². The van der Waals surface area contributed by atoms with E-state index in [0.717, 1.165) is 0 Å². The topological polar surface area (TPSA) is 38.7 Å². The third kappa shape index (κ3) is 2.82. The summed E-state index contributed by atoms with van der Waals surface area (Å²) in [5.41, 5.74) is 0. The lowest BCUT2D eigenvalue weighted by molar-refractivity contribution is -0.211. The van der Waals surface area contributed by atoms with Gasteiger partial charge in [0.1, 0.15) is 12.7 Å². The predicted octanol–water partition coefficient (Wildman–Crippen LogP) is 2.14. The highest BCUT2D eigenvalue weighted by Gasteiger charge is 2.40. The minimum absolute atomic E-state index is 0.00412. The highest BCUT2D eigenvalue weighted by Crippen LogP contribution is 2.33. The van der Waals surface area contributed by atoms with E-state index in [-0.39, 0.29) is 6.61 Å². The van der Waals surface area contributed by atoms with Crippen molar-refractivity contribution in [3.8, 4) is 11.5 Å². The zero-order valence-electron chi connectivity index (χ0n) is 8.78. The van der Waals surface area contributed by atoms with Crippen molar-refractivity contribution in [3.63, 3.8) is 0 Å². The van der Waals surface area contributed by atoms with E-state index in [1.54, 1.807) is 24.3 Å². The first-order chi connectivity index (χ1) is 7.97. The van der Waals surface area contributed by atoms with Crippen LogP contribution in [-0.2, 0) is 0 Å². The lowest BCUT2D eigenvalue weighted by atomic mass is 10.1. The number of aliphatic hydroxyl groups excluding tert-OH is 1. The van der Waals surface area contributed by atoms with Crippen LogP contribution in [0.15, 0.2) is 24.3 Å². The van der Waals surface area contributed by atoms with Gasteiger partial charge in [-0.2, -0.15) is 13.2 Å². The average Bonchev–Trinajstić information content (AvgIpc) is 2.27. The molecule has 1 aliphatic rings. The lowest BCUT2D eigenvalue weighted by Crippen LogP contribution is -2.38. The second kappa shape index (κ2) is 4.44. The normalized spacial score (nSPS) is 21.1. The van der Waals surface area contributed by atoms with Crippen LogP contribution in [-0.4, -0.2) is 30.1 Å². The minimum atomic E-state index is -4.62. The highest BCUT2D eigenvalue weighted by atomic mass is 19.4. The highest BCUT2D eigenvalue weighted by molar-refractivity contribution is 5.40. The number of hydrogen-bond donors (Lipinski definition) is 1. The number of halogens is 3. The van der Waals surface area contributed by atoms with Crippen LogP contribution in [0.4, 0.5) is 13.2 Å². The molecular formula is C11H11F3O3. The van der Waals surface area contributed by atoms with Gasteiger partial charge in [-0.25, -0.2) is 0 Å². The van der Waals surface area contributed by atoms with Crippen LogP contribution in [0.2, 0.25) is 0 Å². The van der Waals surface area contributed by atoms with E-state index >= 15 is 0 Å². The molecule has 0 aromatic heterocycles. The van der Waals surface area contributed by atoms with E-state index in [1.165, 1.54) is 0 Å². The number of alkyl halides is 3. The van der Waals surface area contributed by atoms with Crippen LogP contribution in [0.1, 0.15) is 6.42 Å². The number of ether oxygens (including phenoxy) is 2. The van der Waals surface area contributed by atoms with Crippen LogP contribution >= 0.6 is 0 Å². The first-order valence-corrected chi connectivity index (χ1v) is 5.10. The second-order valence-corrected chi connectivity index (χ2v) is 3.79. The van der Waals surface area contributed by atoms with E-state index in [4.69, 9.17) is 14.6 Å². The molecule has 1 aromatic carbocycles. The first kappa shape index (κ1) is 12.0. The van der Waals surface area contributed by atoms with E-state index < -0.39 is 24.8 Å². The van der Waals surface area contributed by atoms with Gasteiger partial charge in [0.05, 0.1) is 0 Å². The summed E-state index contributed by atoms with van der Waals surface area (Å²) in [6.45, 7) is 0.00412. The Labute approximate surface area is 95.8 Å². The molecule has 1 aromatic rings. The van der Waals surface area contributed by atoms with Gasteiger partial charge in [-0.1, -0.05) is 12.1 Å². The Hall–Kier alpha value is -1.43. The number of para-hydroxylation sites is 2. The van der Waals surface area contributed by atoms with Crippen molar-refractivity contribution in [3.05, 3.63) is 24.3 Å². The summed E-state index contributed by atoms with van der Waals surface area (Å²) in [6.07, 6.45) is -8.33. The fourth-order valence-electron chi connectivity index (χ4n) is 1.56. The fraction of sp³-hybridized carbons (Fsp3) is 0.455. The molecule has 1 N–H and O–H groups in total. The van der Waals surface area contributed by atoms with Crippen LogP contribution in [0, 0.1) is 0 Å². The Morgan fingerprint density at radius 3 is 2.59 bits per heavy atom. The van der Waals surface area contributed by atoms with Crippen molar-refractivity contribution < 1.29 is 27.8 Å². The third-order valence-electron chi connectivity index (χ3n) is 2.43. The maximum Gasteiger partial charge on any atom is 0.414 e. The molecule has 17 heavy (non-hydrogen) atoms. The van der Waals surface area contributed by atoms with Crippen LogP contribution in [0.25, 0.3) is 0 Å². The molecule has 0 radical (unpaired) electrons. The minimum Gasteiger partial charge on any atom is -0.486 e. The molecule has 1 aliphatic heterocycles. The SMILES string of the molecule is OC(CC1COc2ccccc2O1)C(F)(F)F. The molecule has 2 rings (SSSR count). The van der Waals surface area contributed by atoms with E-state index in [0.29, 0.717) is 11.5 Å². The van der Waals surface area contributed by atoms with Gasteiger partial charge < -0.3 is 14.6 Å². The van der Waals surface area contributed by atoms with Crippen LogP contribution in [0.3, 0.4) is 0 Å². The number of hydrogen-bond acceptors (Lipinski definition) is 3. The van der Waals surface area contributed by atoms with Crippen molar-refractivity contribution in [2.75, 3.05) is 6.61 Å². The Morgan fingerprint density at radius 1 is 1.29 bits per heavy atom. The molecule has 0 spiro atoms. The lowest BCUT2D eigenvalue weighted by Gasteiger charge is -2.28. The van der Waals surface area contributed by atoms with Gasteiger partial charge in [-0.05, 0) is 12.1 Å². The van der Waals surface area contributed by atoms with Crippen LogP contribution < -0.4 is 9.47 Å². The van der Waals surface area contributed by atoms with Crippen molar-refractivity contribution in [2.45, 2.75) is 24.8 Å². The monoisotopic (exact) mass is 248 g/mol. The zero-order valence-corrected chi connectivity index (χ0v) is 8.78. The molecule has 0 aliphatic carbocycles. The summed E-state index contributed by atoms with van der Waals surface area (Å²) in [6, 6.07) is 6.73. The zero-order chi connectivity index (χ0) is 12.5. The quantitative estimate of drug-likeness (QED) is 0.871. The number of aliphatic hydroxyl groups is 1. The Bertz CT molecular complexity index is 392. The van der Waals surface area contributed by atoms with Gasteiger partial charge in [-0.3, -0.25) is 0 Å². The molecule has 2 unspecified atom stereocenters. The van der Waals surface area contributed by atoms with Crippen molar-refractivity contribution in [1.29, 1.82) is 0 Å². The van der Waals surface area contributed by atoms with Crippen molar-refractivity contribution in [1.82, 2.24) is 0 Å². The number of rotatable bonds is 2. The average molecular weight is 248 g/mol. The van der Waals surface area contributed by atoms with Gasteiger partial charge in [0, 0.05) is 6.42 Å². The van der Waals surface area contributed by atoms with E-state index in [2.05, 4.69) is 0 Å². The summed E-state index contributed by atoms with van der Waals surface area (Å²) >= 11 is 0. The summed E-state index contributed by atoms with van der Waals surface area (Å²) in [7, 11) is 0. The maximum atomic E-state index is 12.2. The molecule has 6 heteroatoms. The third-order valence-corrected chi connectivity index (χ3v) is 2.43. The molecule has 1 heterocycles. The van der Waals surface area contributed by atoms with Gasteiger partial charge in [-0.15, -0.1) is 0 Å². The fourth-order valence-corrected chi connectivity index (χ4v) is 1.56. The predicted molar refractivity (Wildman–Crippen MR) is 53.0 cm³/mol. The standard InChI is InChI=1S/C11H11F3O3/c12-11(13,14)10(15)5-7-6-16-8-3-1-2-4-9(8)17-7/h1-4,7,10,15H,5-6H2. The Balaban J connectivity index is 1.99. The molecule has 3 nitrogen and oxygen atoms in total. The maximum absolute atomic E-state index is 12.2. The molecule has 0 saturated heterocycles. The molecular weight excluding hydrogens is 237 g/mol. The molecule has 0 bridgehead atoms. The summed E-state index contributed by atoms with van der Waals surface area (Å²) in [5.74, 6) is 0.906. The molecule has 0 amide bonds.